The summed E-state index contributed by atoms with van der Waals surface area (Å²) in [6.45, 7) is 1.85. The van der Waals surface area contributed by atoms with E-state index in [0.29, 0.717) is 24.7 Å². The van der Waals surface area contributed by atoms with Crippen molar-refractivity contribution in [3.8, 4) is 0 Å². The maximum atomic E-state index is 13.4. The maximum absolute atomic E-state index is 13.4. The van der Waals surface area contributed by atoms with Gasteiger partial charge in [-0.2, -0.15) is 0 Å². The highest BCUT2D eigenvalue weighted by atomic mass is 127. The van der Waals surface area contributed by atoms with Crippen molar-refractivity contribution < 1.29 is 9.13 Å². The van der Waals surface area contributed by atoms with E-state index in [9.17, 15) is 4.39 Å². The fraction of sp³-hybridized carbons (Fsp3) is 0.538. The van der Waals surface area contributed by atoms with Crippen molar-refractivity contribution in [1.29, 1.82) is 0 Å². The van der Waals surface area contributed by atoms with Crippen LogP contribution >= 0.6 is 24.0 Å². The third kappa shape index (κ3) is 5.20. The van der Waals surface area contributed by atoms with Crippen LogP contribution in [0.3, 0.4) is 0 Å². The summed E-state index contributed by atoms with van der Waals surface area (Å²) in [5.41, 5.74) is 0.377. The first-order valence-electron chi connectivity index (χ1n) is 6.45. The van der Waals surface area contributed by atoms with Gasteiger partial charge in [0.05, 0.1) is 18.3 Å². The molecule has 1 saturated heterocycles. The number of guanidine groups is 1. The molecule has 1 aliphatic heterocycles. The third-order valence-corrected chi connectivity index (χ3v) is 3.00. The van der Waals surface area contributed by atoms with Gasteiger partial charge < -0.3 is 15.4 Å². The van der Waals surface area contributed by atoms with E-state index in [1.54, 1.807) is 19.3 Å². The molecular weight excluding hydrogens is 374 g/mol. The number of aromatic nitrogens is 1. The molecule has 2 rings (SSSR count). The van der Waals surface area contributed by atoms with E-state index < -0.39 is 0 Å². The summed E-state index contributed by atoms with van der Waals surface area (Å²) >= 11 is 0. The second kappa shape index (κ2) is 9.06. The molecule has 5 nitrogen and oxygen atoms in total. The second-order valence-corrected chi connectivity index (χ2v) is 4.37. The number of nitrogens with one attached hydrogen (secondary N) is 2. The smallest absolute Gasteiger partial charge is 0.191 e. The van der Waals surface area contributed by atoms with Crippen LogP contribution in [-0.2, 0) is 11.3 Å². The molecule has 1 aromatic rings. The van der Waals surface area contributed by atoms with Crippen LogP contribution in [0.4, 0.5) is 4.39 Å². The van der Waals surface area contributed by atoms with E-state index in [2.05, 4.69) is 20.6 Å². The normalized spacial score (nSPS) is 18.5. The number of ether oxygens (including phenoxy) is 1. The monoisotopic (exact) mass is 394 g/mol. The quantitative estimate of drug-likeness (QED) is 0.464. The van der Waals surface area contributed by atoms with Crippen molar-refractivity contribution in [3.05, 3.63) is 29.8 Å². The molecule has 2 heterocycles. The van der Waals surface area contributed by atoms with Gasteiger partial charge in [0.1, 0.15) is 5.82 Å². The molecule has 2 N–H and O–H groups in total. The fourth-order valence-corrected chi connectivity index (χ4v) is 1.95. The molecule has 112 valence electrons. The molecule has 0 radical (unpaired) electrons. The first-order chi connectivity index (χ1) is 9.29. The molecule has 0 bridgehead atoms. The fourth-order valence-electron chi connectivity index (χ4n) is 1.95. The minimum atomic E-state index is -0.315. The van der Waals surface area contributed by atoms with Gasteiger partial charge in [-0.05, 0) is 25.0 Å². The molecular formula is C13H20FIN4O. The van der Waals surface area contributed by atoms with E-state index >= 15 is 0 Å². The van der Waals surface area contributed by atoms with Gasteiger partial charge in [0.15, 0.2) is 5.96 Å². The number of nitrogens with zero attached hydrogens (tertiary/aromatic N) is 2. The highest BCUT2D eigenvalue weighted by Crippen LogP contribution is 2.10. The van der Waals surface area contributed by atoms with Gasteiger partial charge >= 0.3 is 0 Å². The predicted octanol–water partition coefficient (Wildman–Crippen LogP) is 1.68. The Labute approximate surface area is 135 Å². The van der Waals surface area contributed by atoms with Gasteiger partial charge in [-0.25, -0.2) is 4.39 Å². The molecule has 1 fully saturated rings. The van der Waals surface area contributed by atoms with Crippen molar-refractivity contribution in [2.45, 2.75) is 25.5 Å². The van der Waals surface area contributed by atoms with Crippen molar-refractivity contribution in [1.82, 2.24) is 15.6 Å². The summed E-state index contributed by atoms with van der Waals surface area (Å²) in [7, 11) is 1.68. The minimum absolute atomic E-state index is 0. The van der Waals surface area contributed by atoms with Crippen LogP contribution in [0.15, 0.2) is 23.3 Å². The zero-order valence-corrected chi connectivity index (χ0v) is 13.8. The molecule has 1 unspecified atom stereocenters. The van der Waals surface area contributed by atoms with E-state index in [0.717, 1.165) is 19.4 Å². The van der Waals surface area contributed by atoms with Gasteiger partial charge in [-0.3, -0.25) is 9.98 Å². The molecule has 0 saturated carbocycles. The zero-order chi connectivity index (χ0) is 13.5. The number of halogens is 2. The lowest BCUT2D eigenvalue weighted by Gasteiger charge is -2.14. The van der Waals surface area contributed by atoms with Gasteiger partial charge in [0.25, 0.3) is 0 Å². The average molecular weight is 394 g/mol. The highest BCUT2D eigenvalue weighted by molar-refractivity contribution is 14.0. The standard InChI is InChI=1S/C13H19FN4O.HI/c1-15-13(17-8-10-4-3-7-19-10)18-9-12-11(14)5-2-6-16-12;/h2,5-6,10H,3-4,7-9H2,1H3,(H2,15,17,18);1H. The Balaban J connectivity index is 0.00000200. The molecule has 0 aliphatic carbocycles. The number of pyridine rings is 1. The summed E-state index contributed by atoms with van der Waals surface area (Å²) in [5, 5.41) is 6.20. The first kappa shape index (κ1) is 17.1. The zero-order valence-electron chi connectivity index (χ0n) is 11.4. The molecule has 7 heteroatoms. The number of hydrogen-bond acceptors (Lipinski definition) is 3. The van der Waals surface area contributed by atoms with Crippen molar-refractivity contribution in [2.75, 3.05) is 20.2 Å². The summed E-state index contributed by atoms with van der Waals surface area (Å²) in [6, 6.07) is 2.97. The van der Waals surface area contributed by atoms with Crippen LogP contribution < -0.4 is 10.6 Å². The van der Waals surface area contributed by atoms with Crippen molar-refractivity contribution >= 4 is 29.9 Å². The lowest BCUT2D eigenvalue weighted by molar-refractivity contribution is 0.114. The molecule has 1 aliphatic rings. The van der Waals surface area contributed by atoms with E-state index in [1.807, 2.05) is 0 Å². The molecule has 20 heavy (non-hydrogen) atoms. The predicted molar refractivity (Wildman–Crippen MR) is 86.8 cm³/mol. The van der Waals surface area contributed by atoms with E-state index in [4.69, 9.17) is 4.74 Å². The maximum Gasteiger partial charge on any atom is 0.191 e. The molecule has 0 aromatic carbocycles. The van der Waals surface area contributed by atoms with Crippen LogP contribution in [0.1, 0.15) is 18.5 Å². The highest BCUT2D eigenvalue weighted by Gasteiger charge is 2.15. The van der Waals surface area contributed by atoms with Crippen molar-refractivity contribution in [2.24, 2.45) is 4.99 Å². The van der Waals surface area contributed by atoms with Crippen LogP contribution in [0.25, 0.3) is 0 Å². The molecule has 0 spiro atoms. The SMILES string of the molecule is CN=C(NCc1ncccc1F)NCC1CCCO1.I. The van der Waals surface area contributed by atoms with Gasteiger partial charge in [-0.15, -0.1) is 24.0 Å². The van der Waals surface area contributed by atoms with Crippen LogP contribution in [0, 0.1) is 5.82 Å². The first-order valence-corrected chi connectivity index (χ1v) is 6.45. The molecule has 0 amide bonds. The average Bonchev–Trinajstić information content (AvgIpc) is 2.94. The third-order valence-electron chi connectivity index (χ3n) is 3.00. The second-order valence-electron chi connectivity index (χ2n) is 4.37. The summed E-state index contributed by atoms with van der Waals surface area (Å²) in [5.74, 6) is 0.310. The number of aliphatic imine (C=N–C) groups is 1. The summed E-state index contributed by atoms with van der Waals surface area (Å²) < 4.78 is 18.9. The Morgan fingerprint density at radius 3 is 3.05 bits per heavy atom. The van der Waals surface area contributed by atoms with E-state index in [1.165, 1.54) is 6.07 Å². The Hall–Kier alpha value is -0.960. The largest absolute Gasteiger partial charge is 0.376 e. The Kier molecular flexibility index (Phi) is 7.75. The molecule has 1 atom stereocenters. The minimum Gasteiger partial charge on any atom is -0.376 e. The van der Waals surface area contributed by atoms with Crippen LogP contribution in [0.5, 0.6) is 0 Å². The van der Waals surface area contributed by atoms with Crippen LogP contribution in [-0.4, -0.2) is 37.2 Å². The Morgan fingerprint density at radius 1 is 1.55 bits per heavy atom. The van der Waals surface area contributed by atoms with E-state index in [-0.39, 0.29) is 35.9 Å². The topological polar surface area (TPSA) is 58.5 Å². The number of rotatable bonds is 4. The molecule has 1 aromatic heterocycles. The van der Waals surface area contributed by atoms with Gasteiger partial charge in [0, 0.05) is 26.4 Å². The van der Waals surface area contributed by atoms with Gasteiger partial charge in [-0.1, -0.05) is 0 Å². The van der Waals surface area contributed by atoms with Crippen LogP contribution in [0.2, 0.25) is 0 Å². The lowest BCUT2D eigenvalue weighted by Crippen LogP contribution is -2.40. The summed E-state index contributed by atoms with van der Waals surface area (Å²) in [6.07, 6.45) is 3.99. The Bertz CT molecular complexity index is 438. The van der Waals surface area contributed by atoms with Gasteiger partial charge in [0.2, 0.25) is 0 Å². The van der Waals surface area contributed by atoms with Crippen molar-refractivity contribution in [3.63, 3.8) is 0 Å². The number of hydrogen-bond donors (Lipinski definition) is 2. The Morgan fingerprint density at radius 2 is 2.40 bits per heavy atom. The summed E-state index contributed by atoms with van der Waals surface area (Å²) in [4.78, 5) is 8.06. The lowest BCUT2D eigenvalue weighted by atomic mass is 10.2.